The van der Waals surface area contributed by atoms with Gasteiger partial charge in [0, 0.05) is 5.56 Å². The highest BCUT2D eigenvalue weighted by molar-refractivity contribution is 5.94. The van der Waals surface area contributed by atoms with Gasteiger partial charge in [-0.2, -0.15) is 0 Å². The Labute approximate surface area is 65.3 Å². The second-order valence-corrected chi connectivity index (χ2v) is 2.08. The molecule has 0 fully saturated rings. The summed E-state index contributed by atoms with van der Waals surface area (Å²) < 4.78 is 4.69. The van der Waals surface area contributed by atoms with Crippen molar-refractivity contribution in [3.05, 3.63) is 36.9 Å². The number of nitrogens with one attached hydrogen (secondary N) is 1. The van der Waals surface area contributed by atoms with E-state index in [1.807, 2.05) is 0 Å². The highest BCUT2D eigenvalue weighted by Crippen LogP contribution is 2.10. The fourth-order valence-electron chi connectivity index (χ4n) is 0.731. The Morgan fingerprint density at radius 1 is 1.36 bits per heavy atom. The zero-order valence-corrected chi connectivity index (χ0v) is 6.00. The third-order valence-electron chi connectivity index (χ3n) is 1.33. The summed E-state index contributed by atoms with van der Waals surface area (Å²) in [5.74, 6) is 0.718. The molecule has 11 heavy (non-hydrogen) atoms. The van der Waals surface area contributed by atoms with Crippen molar-refractivity contribution in [2.75, 3.05) is 0 Å². The van der Waals surface area contributed by atoms with E-state index in [2.05, 4.69) is 11.8 Å². The molecule has 0 unspecified atom stereocenters. The molecule has 0 aliphatic rings. The molecule has 1 aromatic carbocycles. The molecule has 0 aliphatic heterocycles. The van der Waals surface area contributed by atoms with Gasteiger partial charge in [0.15, 0.2) is 0 Å². The van der Waals surface area contributed by atoms with E-state index in [0.717, 1.165) is 0 Å². The molecule has 0 heterocycles. The van der Waals surface area contributed by atoms with E-state index in [9.17, 15) is 0 Å². The Morgan fingerprint density at radius 3 is 2.27 bits per heavy atom. The standard InChI is InChI=1S/C8H9N2O/c1-11-7-4-2-6(3-5-7)8(9)10/h2-5H,1H2,(H3,9,10). The van der Waals surface area contributed by atoms with Gasteiger partial charge in [-0.1, -0.05) is 0 Å². The molecule has 0 amide bonds. The molecule has 1 rings (SSSR count). The maximum absolute atomic E-state index is 7.08. The number of benzene rings is 1. The first-order valence-electron chi connectivity index (χ1n) is 3.10. The third kappa shape index (κ3) is 1.70. The van der Waals surface area contributed by atoms with Crippen molar-refractivity contribution >= 4 is 5.84 Å². The van der Waals surface area contributed by atoms with Gasteiger partial charge in [0.25, 0.3) is 0 Å². The smallest absolute Gasteiger partial charge is 0.122 e. The Kier molecular flexibility index (Phi) is 2.11. The lowest BCUT2D eigenvalue weighted by Gasteiger charge is -1.99. The minimum atomic E-state index is 0.0561. The van der Waals surface area contributed by atoms with E-state index in [0.29, 0.717) is 11.3 Å². The largest absolute Gasteiger partial charge is 0.490 e. The summed E-state index contributed by atoms with van der Waals surface area (Å²) in [6.07, 6.45) is 0. The lowest BCUT2D eigenvalue weighted by molar-refractivity contribution is 0.473. The van der Waals surface area contributed by atoms with Crippen LogP contribution in [0.15, 0.2) is 24.3 Å². The molecule has 0 bridgehead atoms. The van der Waals surface area contributed by atoms with E-state index in [1.165, 1.54) is 0 Å². The Bertz CT molecular complexity index is 253. The maximum atomic E-state index is 7.08. The van der Waals surface area contributed by atoms with E-state index in [4.69, 9.17) is 11.1 Å². The number of nitrogens with two attached hydrogens (primary N) is 1. The van der Waals surface area contributed by atoms with Crippen molar-refractivity contribution < 1.29 is 4.74 Å². The highest BCUT2D eigenvalue weighted by atomic mass is 16.5. The van der Waals surface area contributed by atoms with E-state index >= 15 is 0 Å². The van der Waals surface area contributed by atoms with Crippen molar-refractivity contribution in [2.45, 2.75) is 0 Å². The second-order valence-electron chi connectivity index (χ2n) is 2.08. The average Bonchev–Trinajstić information content (AvgIpc) is 2.05. The van der Waals surface area contributed by atoms with Crippen LogP contribution in [0.2, 0.25) is 0 Å². The topological polar surface area (TPSA) is 59.1 Å². The predicted molar refractivity (Wildman–Crippen MR) is 43.4 cm³/mol. The molecule has 0 saturated carbocycles. The Morgan fingerprint density at radius 2 is 1.91 bits per heavy atom. The quantitative estimate of drug-likeness (QED) is 0.489. The molecule has 0 saturated heterocycles. The van der Waals surface area contributed by atoms with Crippen LogP contribution in [-0.2, 0) is 0 Å². The van der Waals surface area contributed by atoms with Gasteiger partial charge >= 0.3 is 0 Å². The van der Waals surface area contributed by atoms with Gasteiger partial charge in [-0.15, -0.1) is 0 Å². The zero-order chi connectivity index (χ0) is 8.27. The first-order valence-corrected chi connectivity index (χ1v) is 3.10. The summed E-state index contributed by atoms with van der Waals surface area (Å²) in [6, 6.07) is 6.85. The van der Waals surface area contributed by atoms with Crippen molar-refractivity contribution in [1.29, 1.82) is 5.41 Å². The minimum absolute atomic E-state index is 0.0561. The predicted octanol–water partition coefficient (Wildman–Crippen LogP) is 1.14. The maximum Gasteiger partial charge on any atom is 0.122 e. The molecule has 1 radical (unpaired) electrons. The summed E-state index contributed by atoms with van der Waals surface area (Å²) in [5, 5.41) is 7.08. The summed E-state index contributed by atoms with van der Waals surface area (Å²) in [5.41, 5.74) is 5.92. The first-order chi connectivity index (χ1) is 5.24. The molecule has 0 atom stereocenters. The summed E-state index contributed by atoms with van der Waals surface area (Å²) >= 11 is 0. The lowest BCUT2D eigenvalue weighted by Crippen LogP contribution is -2.10. The molecule has 0 aliphatic carbocycles. The van der Waals surface area contributed by atoms with Crippen LogP contribution in [0.5, 0.6) is 5.75 Å². The van der Waals surface area contributed by atoms with Gasteiger partial charge in [0.2, 0.25) is 0 Å². The van der Waals surface area contributed by atoms with Crippen molar-refractivity contribution in [1.82, 2.24) is 0 Å². The molecular weight excluding hydrogens is 140 g/mol. The summed E-state index contributed by atoms with van der Waals surface area (Å²) in [4.78, 5) is 0. The van der Waals surface area contributed by atoms with Crippen molar-refractivity contribution in [3.8, 4) is 5.75 Å². The van der Waals surface area contributed by atoms with Crippen LogP contribution in [0.3, 0.4) is 0 Å². The Hall–Kier alpha value is -1.51. The van der Waals surface area contributed by atoms with Crippen LogP contribution in [0, 0.1) is 12.5 Å². The van der Waals surface area contributed by atoms with Crippen LogP contribution in [-0.4, -0.2) is 5.84 Å². The number of rotatable bonds is 2. The lowest BCUT2D eigenvalue weighted by atomic mass is 10.2. The molecule has 0 aromatic heterocycles. The van der Waals surface area contributed by atoms with E-state index in [1.54, 1.807) is 24.3 Å². The van der Waals surface area contributed by atoms with Gasteiger partial charge in [-0.25, -0.2) is 0 Å². The number of ether oxygens (including phenoxy) is 1. The van der Waals surface area contributed by atoms with Gasteiger partial charge in [-0.05, 0) is 24.3 Å². The first kappa shape index (κ1) is 7.60. The number of nitrogen functional groups attached to an aromatic ring is 1. The van der Waals surface area contributed by atoms with Crippen LogP contribution >= 0.6 is 0 Å². The fraction of sp³-hybridized carbons (Fsp3) is 0. The molecule has 0 spiro atoms. The van der Waals surface area contributed by atoms with Crippen LogP contribution in [0.1, 0.15) is 5.56 Å². The Balaban J connectivity index is 2.91. The number of hydrogen-bond donors (Lipinski definition) is 2. The molecule has 3 nitrogen and oxygen atoms in total. The van der Waals surface area contributed by atoms with E-state index in [-0.39, 0.29) is 5.84 Å². The van der Waals surface area contributed by atoms with Gasteiger partial charge in [0.1, 0.15) is 18.7 Å². The van der Waals surface area contributed by atoms with Crippen LogP contribution in [0.4, 0.5) is 0 Å². The van der Waals surface area contributed by atoms with Gasteiger partial charge < -0.3 is 10.5 Å². The van der Waals surface area contributed by atoms with Crippen LogP contribution in [0.25, 0.3) is 0 Å². The normalized spacial score (nSPS) is 9.18. The summed E-state index contributed by atoms with van der Waals surface area (Å²) in [7, 11) is 3.25. The summed E-state index contributed by atoms with van der Waals surface area (Å²) in [6.45, 7) is 0. The molecule has 3 N–H and O–H groups in total. The number of amidine groups is 1. The van der Waals surface area contributed by atoms with Gasteiger partial charge in [0.05, 0.1) is 0 Å². The third-order valence-corrected chi connectivity index (χ3v) is 1.33. The minimum Gasteiger partial charge on any atom is -0.490 e. The number of hydrogen-bond acceptors (Lipinski definition) is 2. The molecule has 3 heteroatoms. The van der Waals surface area contributed by atoms with Crippen molar-refractivity contribution in [2.24, 2.45) is 5.73 Å². The average molecular weight is 149 g/mol. The van der Waals surface area contributed by atoms with Crippen LogP contribution < -0.4 is 10.5 Å². The van der Waals surface area contributed by atoms with Gasteiger partial charge in [-0.3, -0.25) is 5.41 Å². The fourth-order valence-corrected chi connectivity index (χ4v) is 0.731. The van der Waals surface area contributed by atoms with Crippen molar-refractivity contribution in [3.63, 3.8) is 0 Å². The monoisotopic (exact) mass is 149 g/mol. The molecule has 57 valence electrons. The highest BCUT2D eigenvalue weighted by Gasteiger charge is 1.94. The second kappa shape index (κ2) is 3.05. The zero-order valence-electron chi connectivity index (χ0n) is 6.00. The molecule has 1 aromatic rings. The van der Waals surface area contributed by atoms with E-state index < -0.39 is 0 Å². The molecular formula is C8H9N2O. The SMILES string of the molecule is [CH2]Oc1ccc(C(=N)N)cc1.